The van der Waals surface area contributed by atoms with E-state index in [0.29, 0.717) is 6.61 Å². The summed E-state index contributed by atoms with van der Waals surface area (Å²) in [6, 6.07) is 0. The molecule has 0 bridgehead atoms. The molecule has 0 aromatic rings. The molecule has 0 radical (unpaired) electrons. The zero-order valence-electron chi connectivity index (χ0n) is 5.54. The Morgan fingerprint density at radius 3 is 2.78 bits per heavy atom. The van der Waals surface area contributed by atoms with E-state index in [1.807, 2.05) is 11.8 Å². The lowest BCUT2D eigenvalue weighted by atomic mass is 10.6. The molecule has 0 saturated carbocycles. The molecule has 0 amide bonds. The Morgan fingerprint density at radius 2 is 2.44 bits per heavy atom. The molecule has 52 valence electrons. The first-order valence-corrected chi connectivity index (χ1v) is 3.19. The molecule has 0 N–H and O–H groups in total. The highest BCUT2D eigenvalue weighted by Gasteiger charge is 2.26. The van der Waals surface area contributed by atoms with E-state index in [9.17, 15) is 4.79 Å². The molecule has 1 fully saturated rings. The fraction of sp³-hybridized carbons (Fsp3) is 0.833. The van der Waals surface area contributed by atoms with Gasteiger partial charge in [-0.25, -0.2) is 0 Å². The van der Waals surface area contributed by atoms with Crippen LogP contribution in [-0.4, -0.2) is 37.1 Å². The first-order chi connectivity index (χ1) is 4.38. The van der Waals surface area contributed by atoms with Crippen molar-refractivity contribution in [2.45, 2.75) is 13.2 Å². The van der Waals surface area contributed by atoms with Crippen LogP contribution in [0.5, 0.6) is 0 Å². The second-order valence-electron chi connectivity index (χ2n) is 2.02. The molecule has 1 unspecified atom stereocenters. The third-order valence-corrected chi connectivity index (χ3v) is 1.30. The highest BCUT2D eigenvalue weighted by atomic mass is 16.5. The molecule has 3 heteroatoms. The van der Waals surface area contributed by atoms with Gasteiger partial charge in [-0.05, 0) is 6.92 Å². The number of nitrogens with zero attached hydrogens (tertiary/aromatic N) is 1. The van der Waals surface area contributed by atoms with Crippen LogP contribution in [0, 0.1) is 0 Å². The van der Waals surface area contributed by atoms with Gasteiger partial charge in [-0.1, -0.05) is 0 Å². The number of hydrogen-bond acceptors (Lipinski definition) is 3. The number of hydrogen-bond donors (Lipinski definition) is 0. The molecule has 0 aromatic carbocycles. The predicted octanol–water partition coefficient (Wildman–Crippen LogP) is -0.137. The summed E-state index contributed by atoms with van der Waals surface area (Å²) in [5.41, 5.74) is 0. The van der Waals surface area contributed by atoms with Crippen molar-refractivity contribution < 1.29 is 9.53 Å². The van der Waals surface area contributed by atoms with Gasteiger partial charge in [-0.3, -0.25) is 9.69 Å². The molecule has 1 atom stereocenters. The van der Waals surface area contributed by atoms with E-state index in [-0.39, 0.29) is 6.23 Å². The third kappa shape index (κ3) is 1.77. The summed E-state index contributed by atoms with van der Waals surface area (Å²) in [6.45, 7) is 4.51. The second-order valence-corrected chi connectivity index (χ2v) is 2.02. The molecule has 1 aliphatic rings. The number of carbonyl (C=O) groups excluding carboxylic acids is 1. The zero-order valence-corrected chi connectivity index (χ0v) is 5.54. The average molecular weight is 129 g/mol. The highest BCUT2D eigenvalue weighted by molar-refractivity contribution is 5.55. The predicted molar refractivity (Wildman–Crippen MR) is 33.1 cm³/mol. The Morgan fingerprint density at radius 1 is 1.78 bits per heavy atom. The summed E-state index contributed by atoms with van der Waals surface area (Å²) >= 11 is 0. The molecule has 0 spiro atoms. The van der Waals surface area contributed by atoms with Crippen LogP contribution in [0.3, 0.4) is 0 Å². The molecule has 1 saturated heterocycles. The summed E-state index contributed by atoms with van der Waals surface area (Å²) in [7, 11) is 0. The molecule has 0 aliphatic carbocycles. The first-order valence-electron chi connectivity index (χ1n) is 3.19. The maximum atomic E-state index is 10.2. The minimum atomic E-state index is -0.269. The largest absolute Gasteiger partial charge is 0.356 e. The third-order valence-electron chi connectivity index (χ3n) is 1.30. The molecule has 0 aromatic heterocycles. The minimum absolute atomic E-state index is 0.269. The average Bonchev–Trinajstić information content (AvgIpc) is 2.64. The van der Waals surface area contributed by atoms with Crippen LogP contribution in [0.2, 0.25) is 0 Å². The van der Waals surface area contributed by atoms with E-state index < -0.39 is 0 Å². The fourth-order valence-corrected chi connectivity index (χ4v) is 0.714. The van der Waals surface area contributed by atoms with Gasteiger partial charge in [0, 0.05) is 19.7 Å². The minimum Gasteiger partial charge on any atom is -0.356 e. The maximum Gasteiger partial charge on any atom is 0.167 e. The molecule has 3 nitrogen and oxygen atoms in total. The molecule has 1 heterocycles. The normalized spacial score (nSPS) is 21.4. The standard InChI is InChI=1S/C6H11NO2/c1-2-9-6(5-8)7-3-4-7/h5-6H,2-4H2,1H3. The van der Waals surface area contributed by atoms with Crippen LogP contribution in [-0.2, 0) is 9.53 Å². The van der Waals surface area contributed by atoms with Gasteiger partial charge in [-0.15, -0.1) is 0 Å². The van der Waals surface area contributed by atoms with Gasteiger partial charge >= 0.3 is 0 Å². The Labute approximate surface area is 54.6 Å². The zero-order chi connectivity index (χ0) is 6.69. The quantitative estimate of drug-likeness (QED) is 0.391. The lowest BCUT2D eigenvalue weighted by molar-refractivity contribution is -0.123. The van der Waals surface area contributed by atoms with Crippen LogP contribution in [0.25, 0.3) is 0 Å². The van der Waals surface area contributed by atoms with E-state index in [2.05, 4.69) is 0 Å². The smallest absolute Gasteiger partial charge is 0.167 e. The van der Waals surface area contributed by atoms with E-state index in [1.54, 1.807) is 0 Å². The first kappa shape index (κ1) is 6.71. The van der Waals surface area contributed by atoms with Crippen molar-refractivity contribution in [3.63, 3.8) is 0 Å². The van der Waals surface area contributed by atoms with E-state index >= 15 is 0 Å². The monoisotopic (exact) mass is 129 g/mol. The van der Waals surface area contributed by atoms with Gasteiger partial charge in [-0.2, -0.15) is 0 Å². The molecule has 9 heavy (non-hydrogen) atoms. The summed E-state index contributed by atoms with van der Waals surface area (Å²) < 4.78 is 5.07. The van der Waals surface area contributed by atoms with Crippen molar-refractivity contribution >= 4 is 6.29 Å². The van der Waals surface area contributed by atoms with E-state index in [0.717, 1.165) is 19.4 Å². The van der Waals surface area contributed by atoms with Crippen LogP contribution in [0.4, 0.5) is 0 Å². The van der Waals surface area contributed by atoms with Gasteiger partial charge in [0.1, 0.15) is 0 Å². The lowest BCUT2D eigenvalue weighted by Crippen LogP contribution is -2.23. The van der Waals surface area contributed by atoms with Crippen molar-refractivity contribution in [3.8, 4) is 0 Å². The maximum absolute atomic E-state index is 10.2. The van der Waals surface area contributed by atoms with Crippen molar-refractivity contribution in [1.29, 1.82) is 0 Å². The number of carbonyl (C=O) groups is 1. The van der Waals surface area contributed by atoms with Gasteiger partial charge in [0.05, 0.1) is 0 Å². The Balaban J connectivity index is 2.20. The number of rotatable bonds is 4. The van der Waals surface area contributed by atoms with Crippen molar-refractivity contribution in [3.05, 3.63) is 0 Å². The van der Waals surface area contributed by atoms with Crippen molar-refractivity contribution in [1.82, 2.24) is 4.90 Å². The van der Waals surface area contributed by atoms with Crippen LogP contribution < -0.4 is 0 Å². The van der Waals surface area contributed by atoms with Gasteiger partial charge < -0.3 is 4.74 Å². The number of aldehydes is 1. The van der Waals surface area contributed by atoms with Crippen LogP contribution in [0.1, 0.15) is 6.92 Å². The van der Waals surface area contributed by atoms with E-state index in [1.165, 1.54) is 0 Å². The molecule has 1 rings (SSSR count). The van der Waals surface area contributed by atoms with E-state index in [4.69, 9.17) is 4.74 Å². The molecule has 1 aliphatic heterocycles. The van der Waals surface area contributed by atoms with Crippen LogP contribution in [0.15, 0.2) is 0 Å². The summed E-state index contributed by atoms with van der Waals surface area (Å²) in [4.78, 5) is 12.2. The lowest BCUT2D eigenvalue weighted by Gasteiger charge is -2.09. The Bertz CT molecular complexity index is 101. The van der Waals surface area contributed by atoms with Crippen LogP contribution >= 0.6 is 0 Å². The van der Waals surface area contributed by atoms with Crippen molar-refractivity contribution in [2.75, 3.05) is 19.7 Å². The van der Waals surface area contributed by atoms with Gasteiger partial charge in [0.25, 0.3) is 0 Å². The fourth-order valence-electron chi connectivity index (χ4n) is 0.714. The Hall–Kier alpha value is -0.410. The summed E-state index contributed by atoms with van der Waals surface area (Å²) in [6.07, 6.45) is 0.575. The molecular formula is C6H11NO2. The summed E-state index contributed by atoms with van der Waals surface area (Å²) in [5.74, 6) is 0. The highest BCUT2D eigenvalue weighted by Crippen LogP contribution is 2.08. The SMILES string of the molecule is CCOC(C=O)N1CC1. The van der Waals surface area contributed by atoms with Gasteiger partial charge in [0.2, 0.25) is 0 Å². The van der Waals surface area contributed by atoms with Gasteiger partial charge in [0.15, 0.2) is 12.5 Å². The summed E-state index contributed by atoms with van der Waals surface area (Å²) in [5, 5.41) is 0. The topological polar surface area (TPSA) is 29.3 Å². The Kier molecular flexibility index (Phi) is 2.19. The second kappa shape index (κ2) is 2.94. The number of ether oxygens (including phenoxy) is 1. The van der Waals surface area contributed by atoms with Crippen molar-refractivity contribution in [2.24, 2.45) is 0 Å². The molecular weight excluding hydrogens is 118 g/mol.